The molecule has 24 heavy (non-hydrogen) atoms. The van der Waals surface area contributed by atoms with Crippen molar-refractivity contribution in [1.29, 1.82) is 0 Å². The minimum Gasteiger partial charge on any atom is -0.496 e. The molecular formula is C19H27BrN2O2. The van der Waals surface area contributed by atoms with Gasteiger partial charge in [0.05, 0.1) is 11.6 Å². The maximum absolute atomic E-state index is 12.6. The molecule has 1 aliphatic heterocycles. The molecule has 1 saturated heterocycles. The van der Waals surface area contributed by atoms with Gasteiger partial charge in [-0.2, -0.15) is 0 Å². The Morgan fingerprint density at radius 2 is 2.08 bits per heavy atom. The van der Waals surface area contributed by atoms with E-state index in [2.05, 4.69) is 33.4 Å². The van der Waals surface area contributed by atoms with Gasteiger partial charge in [0.25, 0.3) is 0 Å². The van der Waals surface area contributed by atoms with Gasteiger partial charge in [0.2, 0.25) is 5.91 Å². The summed E-state index contributed by atoms with van der Waals surface area (Å²) in [6, 6.07) is 6.10. The van der Waals surface area contributed by atoms with E-state index in [1.165, 1.54) is 18.4 Å². The van der Waals surface area contributed by atoms with Crippen molar-refractivity contribution >= 4 is 21.8 Å². The summed E-state index contributed by atoms with van der Waals surface area (Å²) in [4.78, 5) is 14.5. The van der Waals surface area contributed by atoms with Crippen LogP contribution in [0.2, 0.25) is 0 Å². The topological polar surface area (TPSA) is 41.6 Å². The highest BCUT2D eigenvalue weighted by atomic mass is 79.9. The minimum absolute atomic E-state index is 0.246. The van der Waals surface area contributed by atoms with Gasteiger partial charge in [-0.15, -0.1) is 0 Å². The number of piperidine rings is 1. The van der Waals surface area contributed by atoms with Crippen LogP contribution in [-0.2, 0) is 11.2 Å². The second-order valence-electron chi connectivity index (χ2n) is 7.33. The van der Waals surface area contributed by atoms with E-state index in [1.54, 1.807) is 7.11 Å². The molecule has 0 atom stereocenters. The molecule has 132 valence electrons. The van der Waals surface area contributed by atoms with Gasteiger partial charge < -0.3 is 15.0 Å². The molecule has 1 amide bonds. The van der Waals surface area contributed by atoms with Crippen LogP contribution in [0.5, 0.6) is 5.75 Å². The third-order valence-corrected chi connectivity index (χ3v) is 6.32. The molecule has 1 aromatic carbocycles. The highest BCUT2D eigenvalue weighted by molar-refractivity contribution is 9.10. The van der Waals surface area contributed by atoms with Gasteiger partial charge in [-0.05, 0) is 84.2 Å². The Labute approximate surface area is 153 Å². The van der Waals surface area contributed by atoms with E-state index >= 15 is 0 Å². The summed E-state index contributed by atoms with van der Waals surface area (Å²) < 4.78 is 6.22. The molecule has 0 bridgehead atoms. The van der Waals surface area contributed by atoms with Crippen LogP contribution in [0.1, 0.15) is 31.2 Å². The van der Waals surface area contributed by atoms with Crippen molar-refractivity contribution in [3.05, 3.63) is 28.2 Å². The molecule has 0 unspecified atom stereocenters. The van der Waals surface area contributed by atoms with E-state index in [1.807, 2.05) is 18.0 Å². The molecule has 1 spiro atoms. The summed E-state index contributed by atoms with van der Waals surface area (Å²) in [6.07, 6.45) is 5.52. The molecule has 2 fully saturated rings. The number of likely N-dealkylation sites (N-methyl/N-ethyl adjacent to an activating group) is 1. The van der Waals surface area contributed by atoms with E-state index in [-0.39, 0.29) is 5.92 Å². The number of methoxy groups -OCH3 is 1. The summed E-state index contributed by atoms with van der Waals surface area (Å²) in [6.45, 7) is 2.99. The Bertz CT molecular complexity index is 591. The van der Waals surface area contributed by atoms with Gasteiger partial charge in [-0.25, -0.2) is 0 Å². The van der Waals surface area contributed by atoms with Crippen molar-refractivity contribution in [3.63, 3.8) is 0 Å². The highest BCUT2D eigenvalue weighted by Gasteiger charge is 2.47. The molecule has 1 aliphatic carbocycles. The number of rotatable bonds is 5. The van der Waals surface area contributed by atoms with Gasteiger partial charge in [0, 0.05) is 19.5 Å². The first-order chi connectivity index (χ1) is 11.5. The van der Waals surface area contributed by atoms with E-state index in [0.29, 0.717) is 11.3 Å². The smallest absolute Gasteiger partial charge is 0.225 e. The SMILES string of the molecule is COc1ccc(CCN(C)C(=O)C2CC3(CCNCC3)C2)cc1Br. The summed E-state index contributed by atoms with van der Waals surface area (Å²) in [7, 11) is 3.61. The Balaban J connectivity index is 1.47. The zero-order valence-electron chi connectivity index (χ0n) is 14.6. The Morgan fingerprint density at radius 1 is 1.38 bits per heavy atom. The van der Waals surface area contributed by atoms with Gasteiger partial charge in [0.1, 0.15) is 5.75 Å². The van der Waals surface area contributed by atoms with Gasteiger partial charge >= 0.3 is 0 Å². The Morgan fingerprint density at radius 3 is 2.71 bits per heavy atom. The van der Waals surface area contributed by atoms with Crippen molar-refractivity contribution in [2.45, 2.75) is 32.1 Å². The van der Waals surface area contributed by atoms with Crippen molar-refractivity contribution in [3.8, 4) is 5.75 Å². The lowest BCUT2D eigenvalue weighted by Crippen LogP contribution is -2.50. The normalized spacial score (nSPS) is 19.8. The Kier molecular flexibility index (Phi) is 5.50. The van der Waals surface area contributed by atoms with E-state index < -0.39 is 0 Å². The fraction of sp³-hybridized carbons (Fsp3) is 0.632. The lowest BCUT2D eigenvalue weighted by molar-refractivity contribution is -0.143. The highest BCUT2D eigenvalue weighted by Crippen LogP contribution is 2.52. The van der Waals surface area contributed by atoms with Crippen LogP contribution in [0.25, 0.3) is 0 Å². The first kappa shape index (κ1) is 17.7. The zero-order valence-corrected chi connectivity index (χ0v) is 16.2. The van der Waals surface area contributed by atoms with Crippen LogP contribution in [0.4, 0.5) is 0 Å². The number of nitrogens with one attached hydrogen (secondary N) is 1. The number of halogens is 1. The molecule has 5 heteroatoms. The molecule has 1 saturated carbocycles. The fourth-order valence-corrected chi connectivity index (χ4v) is 4.70. The zero-order chi connectivity index (χ0) is 17.2. The standard InChI is InChI=1S/C19H27BrN2O2/c1-22(10-5-14-3-4-17(24-2)16(20)11-14)18(23)15-12-19(13-15)6-8-21-9-7-19/h3-4,11,15,21H,5-10,12-13H2,1-2H3. The number of hydrogen-bond donors (Lipinski definition) is 1. The number of benzene rings is 1. The van der Waals surface area contributed by atoms with Crippen LogP contribution in [0.3, 0.4) is 0 Å². The summed E-state index contributed by atoms with van der Waals surface area (Å²) in [5.41, 5.74) is 1.68. The van der Waals surface area contributed by atoms with Crippen LogP contribution in [-0.4, -0.2) is 44.6 Å². The lowest BCUT2D eigenvalue weighted by atomic mass is 9.57. The molecule has 1 heterocycles. The molecule has 0 aromatic heterocycles. The predicted octanol–water partition coefficient (Wildman–Crippen LogP) is 3.24. The van der Waals surface area contributed by atoms with Gasteiger partial charge in [-0.3, -0.25) is 4.79 Å². The minimum atomic E-state index is 0.246. The molecule has 1 N–H and O–H groups in total. The number of hydrogen-bond acceptors (Lipinski definition) is 3. The summed E-state index contributed by atoms with van der Waals surface area (Å²) in [5, 5.41) is 3.42. The first-order valence-corrected chi connectivity index (χ1v) is 9.60. The number of carbonyl (C=O) groups excluding carboxylic acids is 1. The van der Waals surface area contributed by atoms with Gasteiger partial charge in [-0.1, -0.05) is 6.07 Å². The summed E-state index contributed by atoms with van der Waals surface area (Å²) in [5.74, 6) is 1.41. The average molecular weight is 395 g/mol. The lowest BCUT2D eigenvalue weighted by Gasteiger charge is -2.50. The van der Waals surface area contributed by atoms with Crippen LogP contribution in [0, 0.1) is 11.3 Å². The molecule has 3 rings (SSSR count). The average Bonchev–Trinajstić information content (AvgIpc) is 2.57. The van der Waals surface area contributed by atoms with Crippen LogP contribution < -0.4 is 10.1 Å². The number of ether oxygens (including phenoxy) is 1. The molecule has 0 radical (unpaired) electrons. The quantitative estimate of drug-likeness (QED) is 0.833. The molecule has 4 nitrogen and oxygen atoms in total. The second kappa shape index (κ2) is 7.44. The molecular weight excluding hydrogens is 368 g/mol. The maximum atomic E-state index is 12.6. The Hall–Kier alpha value is -1.07. The second-order valence-corrected chi connectivity index (χ2v) is 8.19. The van der Waals surface area contributed by atoms with E-state index in [4.69, 9.17) is 4.74 Å². The van der Waals surface area contributed by atoms with E-state index in [9.17, 15) is 4.79 Å². The van der Waals surface area contributed by atoms with Crippen molar-refractivity contribution < 1.29 is 9.53 Å². The van der Waals surface area contributed by atoms with Crippen LogP contribution in [0.15, 0.2) is 22.7 Å². The number of carbonyl (C=O) groups is 1. The maximum Gasteiger partial charge on any atom is 0.225 e. The monoisotopic (exact) mass is 394 g/mol. The van der Waals surface area contributed by atoms with Gasteiger partial charge in [0.15, 0.2) is 0 Å². The summed E-state index contributed by atoms with van der Waals surface area (Å²) >= 11 is 3.52. The van der Waals surface area contributed by atoms with Crippen LogP contribution >= 0.6 is 15.9 Å². The third-order valence-electron chi connectivity index (χ3n) is 5.70. The van der Waals surface area contributed by atoms with Crippen molar-refractivity contribution in [2.24, 2.45) is 11.3 Å². The molecule has 2 aliphatic rings. The van der Waals surface area contributed by atoms with Crippen molar-refractivity contribution in [2.75, 3.05) is 33.8 Å². The number of nitrogens with zero attached hydrogens (tertiary/aromatic N) is 1. The predicted molar refractivity (Wildman–Crippen MR) is 99.3 cm³/mol. The third kappa shape index (κ3) is 3.77. The number of amides is 1. The van der Waals surface area contributed by atoms with Crippen molar-refractivity contribution in [1.82, 2.24) is 10.2 Å². The van der Waals surface area contributed by atoms with E-state index in [0.717, 1.165) is 49.1 Å². The largest absolute Gasteiger partial charge is 0.496 e. The fourth-order valence-electron chi connectivity index (χ4n) is 4.11. The molecule has 1 aromatic rings. The first-order valence-electron chi connectivity index (χ1n) is 8.81.